The second kappa shape index (κ2) is 9.85. The quantitative estimate of drug-likeness (QED) is 0.479. The first-order valence-electron chi connectivity index (χ1n) is 11.3. The lowest BCUT2D eigenvalue weighted by molar-refractivity contribution is -0.119. The van der Waals surface area contributed by atoms with Crippen molar-refractivity contribution in [1.29, 1.82) is 5.26 Å². The van der Waals surface area contributed by atoms with E-state index in [-0.39, 0.29) is 29.3 Å². The molecule has 2 aromatic carbocycles. The highest BCUT2D eigenvalue weighted by Gasteiger charge is 2.43. The third-order valence-corrected chi connectivity index (χ3v) is 6.82. The van der Waals surface area contributed by atoms with Gasteiger partial charge in [-0.15, -0.1) is 0 Å². The van der Waals surface area contributed by atoms with Gasteiger partial charge in [0, 0.05) is 34.0 Å². The van der Waals surface area contributed by atoms with Gasteiger partial charge >= 0.3 is 0 Å². The van der Waals surface area contributed by atoms with Crippen LogP contribution >= 0.6 is 23.2 Å². The van der Waals surface area contributed by atoms with Gasteiger partial charge in [-0.05, 0) is 42.2 Å². The average molecular weight is 513 g/mol. The van der Waals surface area contributed by atoms with E-state index in [0.29, 0.717) is 63.5 Å². The zero-order valence-corrected chi connectivity index (χ0v) is 21.3. The molecule has 0 spiro atoms. The molecule has 0 radical (unpaired) electrons. The summed E-state index contributed by atoms with van der Waals surface area (Å²) in [5, 5.41) is 10.9. The number of nitrogens with zero attached hydrogens (tertiary/aromatic N) is 1. The molecule has 182 valence electrons. The molecule has 1 aliphatic heterocycles. The van der Waals surface area contributed by atoms with Crippen LogP contribution in [0.4, 0.5) is 0 Å². The van der Waals surface area contributed by atoms with Crippen LogP contribution in [-0.2, 0) is 16.1 Å². The fourth-order valence-corrected chi connectivity index (χ4v) is 5.04. The van der Waals surface area contributed by atoms with Crippen molar-refractivity contribution in [2.45, 2.75) is 46.1 Å². The topological polar surface area (TPSA) is 94.6 Å². The molecule has 6 nitrogen and oxygen atoms in total. The van der Waals surface area contributed by atoms with Crippen LogP contribution in [-0.4, -0.2) is 12.4 Å². The number of Topliss-reactive ketones (excluding diaryl/α,β-unsaturated/α-hetero) is 1. The third-order valence-electron chi connectivity index (χ3n) is 6.11. The summed E-state index contributed by atoms with van der Waals surface area (Å²) >= 11 is 12.6. The van der Waals surface area contributed by atoms with Crippen LogP contribution in [0.25, 0.3) is 0 Å². The number of carbonyl (C=O) groups is 1. The fraction of sp³-hybridized carbons (Fsp3) is 0.333. The lowest BCUT2D eigenvalue weighted by Gasteiger charge is -2.37. The smallest absolute Gasteiger partial charge is 0.205 e. The molecule has 8 heteroatoms. The van der Waals surface area contributed by atoms with Crippen LogP contribution in [0, 0.1) is 16.7 Å². The van der Waals surface area contributed by atoms with Gasteiger partial charge in [-0.25, -0.2) is 0 Å². The molecule has 0 aromatic heterocycles. The van der Waals surface area contributed by atoms with E-state index >= 15 is 0 Å². The van der Waals surface area contributed by atoms with E-state index in [2.05, 4.69) is 6.07 Å². The summed E-state index contributed by atoms with van der Waals surface area (Å²) < 4.78 is 17.6. The molecular formula is C27H26Cl2N2O4. The SMILES string of the molecule is CCOc1cc(C2C(C#N)=C(N)OC3=C2C(=O)CC(C)(C)C3)ccc1OCc1c(Cl)cccc1Cl. The summed E-state index contributed by atoms with van der Waals surface area (Å²) in [6.07, 6.45) is 0.921. The number of ketones is 1. The molecule has 0 amide bonds. The van der Waals surface area contributed by atoms with Gasteiger partial charge in [0.2, 0.25) is 5.88 Å². The highest BCUT2D eigenvalue weighted by molar-refractivity contribution is 6.35. The normalized spacial score (nSPS) is 19.1. The van der Waals surface area contributed by atoms with Gasteiger partial charge in [0.15, 0.2) is 17.3 Å². The van der Waals surface area contributed by atoms with Crippen LogP contribution < -0.4 is 15.2 Å². The van der Waals surface area contributed by atoms with Gasteiger partial charge in [0.1, 0.15) is 24.0 Å². The van der Waals surface area contributed by atoms with Gasteiger partial charge in [-0.3, -0.25) is 4.79 Å². The first kappa shape index (κ1) is 25.0. The van der Waals surface area contributed by atoms with Crippen molar-refractivity contribution in [3.8, 4) is 17.6 Å². The molecule has 0 saturated heterocycles. The standard InChI is InChI=1S/C27H26Cl2N2O4/c1-4-33-22-10-15(8-9-21(22)34-14-17-18(28)6-5-7-19(17)29)24-16(13-30)26(31)35-23-12-27(2,3)11-20(32)25(23)24/h5-10,24H,4,11-12,14,31H2,1-3H3. The summed E-state index contributed by atoms with van der Waals surface area (Å²) in [5.41, 5.74) is 7.93. The number of rotatable bonds is 6. The molecule has 35 heavy (non-hydrogen) atoms. The second-order valence-electron chi connectivity index (χ2n) is 9.33. The summed E-state index contributed by atoms with van der Waals surface area (Å²) in [6.45, 7) is 6.43. The van der Waals surface area contributed by atoms with Crippen LogP contribution in [0.5, 0.6) is 11.5 Å². The molecular weight excluding hydrogens is 487 g/mol. The van der Waals surface area contributed by atoms with Gasteiger partial charge < -0.3 is 19.9 Å². The van der Waals surface area contributed by atoms with Crippen molar-refractivity contribution in [3.05, 3.63) is 80.4 Å². The van der Waals surface area contributed by atoms with E-state index < -0.39 is 5.92 Å². The van der Waals surface area contributed by atoms with Gasteiger partial charge in [0.25, 0.3) is 0 Å². The van der Waals surface area contributed by atoms with Crippen molar-refractivity contribution in [1.82, 2.24) is 0 Å². The minimum absolute atomic E-state index is 0.0217. The molecule has 1 unspecified atom stereocenters. The molecule has 0 saturated carbocycles. The Morgan fingerprint density at radius 3 is 2.51 bits per heavy atom. The van der Waals surface area contributed by atoms with Crippen LogP contribution in [0.1, 0.15) is 50.7 Å². The van der Waals surface area contributed by atoms with Crippen molar-refractivity contribution in [2.24, 2.45) is 11.1 Å². The van der Waals surface area contributed by atoms with E-state index in [9.17, 15) is 10.1 Å². The van der Waals surface area contributed by atoms with Crippen molar-refractivity contribution in [3.63, 3.8) is 0 Å². The Kier molecular flexibility index (Phi) is 7.02. The van der Waals surface area contributed by atoms with Crippen LogP contribution in [0.2, 0.25) is 10.0 Å². The molecule has 0 fully saturated rings. The molecule has 0 bridgehead atoms. The largest absolute Gasteiger partial charge is 0.490 e. The zero-order valence-electron chi connectivity index (χ0n) is 19.8. The lowest BCUT2D eigenvalue weighted by Crippen LogP contribution is -2.33. The lowest BCUT2D eigenvalue weighted by atomic mass is 9.70. The minimum atomic E-state index is -0.640. The predicted molar refractivity (Wildman–Crippen MR) is 134 cm³/mol. The number of benzene rings is 2. The molecule has 4 rings (SSSR count). The van der Waals surface area contributed by atoms with Gasteiger partial charge in [0.05, 0.1) is 12.5 Å². The number of carbonyl (C=O) groups excluding carboxylic acids is 1. The van der Waals surface area contributed by atoms with E-state index in [1.165, 1.54) is 0 Å². The maximum atomic E-state index is 13.2. The predicted octanol–water partition coefficient (Wildman–Crippen LogP) is 6.42. The molecule has 1 aliphatic carbocycles. The number of halogens is 2. The monoisotopic (exact) mass is 512 g/mol. The maximum Gasteiger partial charge on any atom is 0.205 e. The Morgan fingerprint density at radius 1 is 1.14 bits per heavy atom. The van der Waals surface area contributed by atoms with Crippen molar-refractivity contribution >= 4 is 29.0 Å². The van der Waals surface area contributed by atoms with E-state index in [4.69, 9.17) is 43.1 Å². The molecule has 1 heterocycles. The number of hydrogen-bond donors (Lipinski definition) is 1. The summed E-state index contributed by atoms with van der Waals surface area (Å²) in [6, 6.07) is 12.8. The molecule has 2 N–H and O–H groups in total. The van der Waals surface area contributed by atoms with Gasteiger partial charge in [-0.2, -0.15) is 5.26 Å². The van der Waals surface area contributed by atoms with Crippen LogP contribution in [0.15, 0.2) is 59.2 Å². The first-order chi connectivity index (χ1) is 16.6. The Labute approximate surface area is 214 Å². The highest BCUT2D eigenvalue weighted by atomic mass is 35.5. The average Bonchev–Trinajstić information content (AvgIpc) is 2.78. The Hall–Kier alpha value is -3.14. The number of hydrogen-bond acceptors (Lipinski definition) is 6. The number of nitrogens with two attached hydrogens (primary N) is 1. The Morgan fingerprint density at radius 2 is 1.86 bits per heavy atom. The zero-order chi connectivity index (χ0) is 25.3. The summed E-state index contributed by atoms with van der Waals surface area (Å²) in [5.74, 6) is 0.820. The number of allylic oxidation sites excluding steroid dienone is 3. The Balaban J connectivity index is 1.73. The van der Waals surface area contributed by atoms with E-state index in [1.54, 1.807) is 30.3 Å². The minimum Gasteiger partial charge on any atom is -0.490 e. The number of ether oxygens (including phenoxy) is 3. The molecule has 2 aliphatic rings. The van der Waals surface area contributed by atoms with E-state index in [0.717, 1.165) is 0 Å². The van der Waals surface area contributed by atoms with Crippen molar-refractivity contribution in [2.75, 3.05) is 6.61 Å². The van der Waals surface area contributed by atoms with Crippen LogP contribution in [0.3, 0.4) is 0 Å². The number of nitriles is 1. The van der Waals surface area contributed by atoms with Crippen molar-refractivity contribution < 1.29 is 19.0 Å². The first-order valence-corrected chi connectivity index (χ1v) is 12.1. The fourth-order valence-electron chi connectivity index (χ4n) is 4.53. The Bertz CT molecular complexity index is 1270. The second-order valence-corrected chi connectivity index (χ2v) is 10.1. The highest BCUT2D eigenvalue weighted by Crippen LogP contribution is 2.48. The summed E-state index contributed by atoms with van der Waals surface area (Å²) in [7, 11) is 0. The molecule has 1 atom stereocenters. The van der Waals surface area contributed by atoms with Gasteiger partial charge in [-0.1, -0.05) is 49.2 Å². The third kappa shape index (κ3) is 4.98. The van der Waals surface area contributed by atoms with E-state index in [1.807, 2.05) is 26.8 Å². The maximum absolute atomic E-state index is 13.2. The summed E-state index contributed by atoms with van der Waals surface area (Å²) in [4.78, 5) is 13.2. The molecule has 2 aromatic rings.